The zero-order valence-corrected chi connectivity index (χ0v) is 9.66. The highest BCUT2D eigenvalue weighted by atomic mass is 14.7. The maximum absolute atomic E-state index is 5.94. The minimum absolute atomic E-state index is 0.661. The number of hydrogen-bond acceptors (Lipinski definition) is 2. The van der Waals surface area contributed by atoms with E-state index in [9.17, 15) is 0 Å². The molecule has 16 heavy (non-hydrogen) atoms. The smallest absolute Gasteiger partial charge is 0.0627 e. The van der Waals surface area contributed by atoms with Gasteiger partial charge in [-0.25, -0.2) is 0 Å². The van der Waals surface area contributed by atoms with Crippen LogP contribution in [0.1, 0.15) is 25.3 Å². The molecular formula is C14H18N2. The van der Waals surface area contributed by atoms with Gasteiger partial charge in [0.05, 0.1) is 11.4 Å². The van der Waals surface area contributed by atoms with Crippen LogP contribution in [-0.4, -0.2) is 0 Å². The quantitative estimate of drug-likeness (QED) is 0.770. The van der Waals surface area contributed by atoms with Crippen LogP contribution in [0.4, 0.5) is 11.4 Å². The van der Waals surface area contributed by atoms with Crippen molar-refractivity contribution in [3.05, 3.63) is 35.9 Å². The van der Waals surface area contributed by atoms with Crippen LogP contribution in [0.2, 0.25) is 0 Å². The van der Waals surface area contributed by atoms with Crippen molar-refractivity contribution in [2.45, 2.75) is 26.2 Å². The van der Waals surface area contributed by atoms with Crippen LogP contribution in [0.5, 0.6) is 0 Å². The van der Waals surface area contributed by atoms with Crippen LogP contribution in [0.25, 0.3) is 10.8 Å². The molecule has 0 fully saturated rings. The zero-order valence-electron chi connectivity index (χ0n) is 9.66. The molecule has 0 bridgehead atoms. The molecule has 0 radical (unpaired) electrons. The van der Waals surface area contributed by atoms with Crippen LogP contribution in [0.15, 0.2) is 30.3 Å². The van der Waals surface area contributed by atoms with E-state index in [2.05, 4.69) is 25.1 Å². The van der Waals surface area contributed by atoms with Crippen molar-refractivity contribution in [2.24, 2.45) is 0 Å². The fourth-order valence-electron chi connectivity index (χ4n) is 1.96. The van der Waals surface area contributed by atoms with Crippen LogP contribution in [0.3, 0.4) is 0 Å². The average molecular weight is 214 g/mol. The number of aryl methyl sites for hydroxylation is 1. The second-order valence-corrected chi connectivity index (χ2v) is 4.23. The van der Waals surface area contributed by atoms with Gasteiger partial charge < -0.3 is 11.5 Å². The third kappa shape index (κ3) is 1.96. The molecule has 0 unspecified atom stereocenters. The van der Waals surface area contributed by atoms with E-state index in [0.717, 1.165) is 11.8 Å². The van der Waals surface area contributed by atoms with Gasteiger partial charge in [0.25, 0.3) is 0 Å². The van der Waals surface area contributed by atoms with Crippen molar-refractivity contribution in [3.8, 4) is 0 Å². The van der Waals surface area contributed by atoms with Gasteiger partial charge in [0, 0.05) is 5.39 Å². The molecule has 0 saturated carbocycles. The molecule has 0 aromatic heterocycles. The molecule has 2 nitrogen and oxygen atoms in total. The molecule has 2 aromatic rings. The lowest BCUT2D eigenvalue weighted by Crippen LogP contribution is -1.95. The Morgan fingerprint density at radius 1 is 1.06 bits per heavy atom. The lowest BCUT2D eigenvalue weighted by molar-refractivity contribution is 0.796. The monoisotopic (exact) mass is 214 g/mol. The largest absolute Gasteiger partial charge is 0.397 e. The molecule has 0 spiro atoms. The third-order valence-corrected chi connectivity index (χ3v) is 2.98. The van der Waals surface area contributed by atoms with Gasteiger partial charge in [0.2, 0.25) is 0 Å². The predicted molar refractivity (Wildman–Crippen MR) is 71.4 cm³/mol. The Morgan fingerprint density at radius 2 is 1.88 bits per heavy atom. The van der Waals surface area contributed by atoms with Gasteiger partial charge in [-0.05, 0) is 29.9 Å². The van der Waals surface area contributed by atoms with Gasteiger partial charge >= 0.3 is 0 Å². The number of unbranched alkanes of at least 4 members (excludes halogenated alkanes) is 1. The Bertz CT molecular complexity index is 503. The summed E-state index contributed by atoms with van der Waals surface area (Å²) in [5.41, 5.74) is 14.5. The van der Waals surface area contributed by atoms with Crippen LogP contribution < -0.4 is 11.5 Å². The Labute approximate surface area is 96.3 Å². The number of nitrogens with two attached hydrogens (primary N) is 2. The van der Waals surface area contributed by atoms with Crippen molar-refractivity contribution < 1.29 is 0 Å². The number of fused-ring (bicyclic) bond motifs is 1. The lowest BCUT2D eigenvalue weighted by atomic mass is 10.0. The second kappa shape index (κ2) is 4.44. The first-order valence-electron chi connectivity index (χ1n) is 5.79. The first kappa shape index (κ1) is 10.8. The van der Waals surface area contributed by atoms with Crippen LogP contribution in [0, 0.1) is 0 Å². The average Bonchev–Trinajstić information content (AvgIpc) is 2.31. The fourth-order valence-corrected chi connectivity index (χ4v) is 1.96. The van der Waals surface area contributed by atoms with Gasteiger partial charge in [-0.3, -0.25) is 0 Å². The minimum Gasteiger partial charge on any atom is -0.397 e. The van der Waals surface area contributed by atoms with E-state index in [4.69, 9.17) is 11.5 Å². The van der Waals surface area contributed by atoms with Gasteiger partial charge in [0.1, 0.15) is 0 Å². The zero-order chi connectivity index (χ0) is 11.5. The van der Waals surface area contributed by atoms with Gasteiger partial charge in [-0.2, -0.15) is 0 Å². The summed E-state index contributed by atoms with van der Waals surface area (Å²) < 4.78 is 0. The van der Waals surface area contributed by atoms with Gasteiger partial charge in [-0.15, -0.1) is 0 Å². The van der Waals surface area contributed by atoms with E-state index in [1.165, 1.54) is 23.8 Å². The van der Waals surface area contributed by atoms with Crippen molar-refractivity contribution in [2.75, 3.05) is 11.5 Å². The van der Waals surface area contributed by atoms with E-state index in [0.29, 0.717) is 11.4 Å². The maximum atomic E-state index is 5.94. The van der Waals surface area contributed by atoms with E-state index in [-0.39, 0.29) is 0 Å². The molecule has 0 amide bonds. The molecule has 4 N–H and O–H groups in total. The Hall–Kier alpha value is -1.70. The molecule has 2 rings (SSSR count). The number of nitrogen functional groups attached to an aromatic ring is 2. The normalized spacial score (nSPS) is 10.8. The van der Waals surface area contributed by atoms with Crippen molar-refractivity contribution in [1.29, 1.82) is 0 Å². The molecule has 0 saturated heterocycles. The summed E-state index contributed by atoms with van der Waals surface area (Å²) in [6, 6.07) is 10.3. The molecule has 0 atom stereocenters. The van der Waals surface area contributed by atoms with Crippen LogP contribution in [-0.2, 0) is 6.42 Å². The molecule has 0 aliphatic heterocycles. The van der Waals surface area contributed by atoms with Crippen molar-refractivity contribution in [3.63, 3.8) is 0 Å². The Balaban J connectivity index is 2.44. The summed E-state index contributed by atoms with van der Waals surface area (Å²) >= 11 is 0. The highest BCUT2D eigenvalue weighted by molar-refractivity contribution is 5.98. The molecule has 0 aliphatic rings. The summed E-state index contributed by atoms with van der Waals surface area (Å²) in [5.74, 6) is 0. The fraction of sp³-hybridized carbons (Fsp3) is 0.286. The summed E-state index contributed by atoms with van der Waals surface area (Å²) in [6.07, 6.45) is 3.59. The summed E-state index contributed by atoms with van der Waals surface area (Å²) in [4.78, 5) is 0. The summed E-state index contributed by atoms with van der Waals surface area (Å²) in [6.45, 7) is 2.21. The number of hydrogen-bond donors (Lipinski definition) is 2. The predicted octanol–water partition coefficient (Wildman–Crippen LogP) is 3.35. The van der Waals surface area contributed by atoms with E-state index in [1.807, 2.05) is 12.1 Å². The second-order valence-electron chi connectivity index (χ2n) is 4.23. The highest BCUT2D eigenvalue weighted by Gasteiger charge is 2.02. The standard InChI is InChI=1S/C14H18N2/c1-2-3-4-10-5-7-12-11(9-10)6-8-13(15)14(12)16/h5-9H,2-4,15-16H2,1H3. The van der Waals surface area contributed by atoms with E-state index >= 15 is 0 Å². The van der Waals surface area contributed by atoms with E-state index in [1.54, 1.807) is 0 Å². The number of benzene rings is 2. The molecule has 84 valence electrons. The Morgan fingerprint density at radius 3 is 2.62 bits per heavy atom. The first-order valence-corrected chi connectivity index (χ1v) is 5.79. The SMILES string of the molecule is CCCCc1ccc2c(N)c(N)ccc2c1. The lowest BCUT2D eigenvalue weighted by Gasteiger charge is -2.07. The number of rotatable bonds is 3. The van der Waals surface area contributed by atoms with E-state index < -0.39 is 0 Å². The van der Waals surface area contributed by atoms with Gasteiger partial charge in [-0.1, -0.05) is 37.6 Å². The minimum atomic E-state index is 0.661. The van der Waals surface area contributed by atoms with Crippen LogP contribution >= 0.6 is 0 Å². The molecule has 2 heteroatoms. The van der Waals surface area contributed by atoms with Crippen molar-refractivity contribution >= 4 is 22.1 Å². The third-order valence-electron chi connectivity index (χ3n) is 2.98. The summed E-state index contributed by atoms with van der Waals surface area (Å²) in [5, 5.41) is 2.24. The highest BCUT2D eigenvalue weighted by Crippen LogP contribution is 2.27. The maximum Gasteiger partial charge on any atom is 0.0627 e. The Kier molecular flexibility index (Phi) is 3.00. The van der Waals surface area contributed by atoms with Crippen molar-refractivity contribution in [1.82, 2.24) is 0 Å². The topological polar surface area (TPSA) is 52.0 Å². The first-order chi connectivity index (χ1) is 7.72. The number of anilines is 2. The molecule has 0 heterocycles. The molecule has 2 aromatic carbocycles. The van der Waals surface area contributed by atoms with Gasteiger partial charge in [0.15, 0.2) is 0 Å². The molecule has 0 aliphatic carbocycles. The summed E-state index contributed by atoms with van der Waals surface area (Å²) in [7, 11) is 0. The molecular weight excluding hydrogens is 196 g/mol.